The second-order valence-electron chi connectivity index (χ2n) is 5.05. The van der Waals surface area contributed by atoms with Gasteiger partial charge in [0.2, 0.25) is 0 Å². The molecule has 19 heavy (non-hydrogen) atoms. The molecule has 1 aliphatic rings. The topological polar surface area (TPSA) is 49.5 Å². The molecule has 0 radical (unpaired) electrons. The van der Waals surface area contributed by atoms with Gasteiger partial charge < -0.3 is 15.7 Å². The number of benzene rings is 1. The monoisotopic (exact) mass is 274 g/mol. The summed E-state index contributed by atoms with van der Waals surface area (Å²) in [7, 11) is 0. The van der Waals surface area contributed by atoms with E-state index >= 15 is 0 Å². The lowest BCUT2D eigenvalue weighted by molar-refractivity contribution is -0.137. The summed E-state index contributed by atoms with van der Waals surface area (Å²) >= 11 is 0. The zero-order valence-corrected chi connectivity index (χ0v) is 10.6. The molecule has 1 aromatic rings. The Hall–Kier alpha value is -1.43. The highest BCUT2D eigenvalue weighted by atomic mass is 19.4. The Morgan fingerprint density at radius 3 is 2.58 bits per heavy atom. The minimum atomic E-state index is -4.39. The molecule has 1 heterocycles. The van der Waals surface area contributed by atoms with Gasteiger partial charge in [0.05, 0.1) is 23.0 Å². The molecule has 6 heteroatoms. The number of nitrogen functional groups attached to an aromatic ring is 1. The molecule has 1 aromatic carbocycles. The number of nitrogens with zero attached hydrogens (tertiary/aromatic N) is 1. The summed E-state index contributed by atoms with van der Waals surface area (Å²) in [6.45, 7) is 3.04. The highest BCUT2D eigenvalue weighted by Crippen LogP contribution is 2.35. The molecule has 0 aromatic heterocycles. The Morgan fingerprint density at radius 2 is 2.05 bits per heavy atom. The van der Waals surface area contributed by atoms with Gasteiger partial charge in [-0.25, -0.2) is 0 Å². The van der Waals surface area contributed by atoms with Crippen molar-refractivity contribution in [1.82, 2.24) is 0 Å². The Bertz CT molecular complexity index is 462. The van der Waals surface area contributed by atoms with Gasteiger partial charge in [-0.2, -0.15) is 13.2 Å². The molecule has 106 valence electrons. The number of alkyl halides is 3. The van der Waals surface area contributed by atoms with E-state index in [4.69, 9.17) is 5.73 Å². The summed E-state index contributed by atoms with van der Waals surface area (Å²) in [4.78, 5) is 1.83. The van der Waals surface area contributed by atoms with Crippen LogP contribution in [0.1, 0.15) is 18.9 Å². The highest BCUT2D eigenvalue weighted by molar-refractivity contribution is 5.69. The van der Waals surface area contributed by atoms with Gasteiger partial charge in [-0.3, -0.25) is 0 Å². The van der Waals surface area contributed by atoms with Crippen LogP contribution in [0.4, 0.5) is 24.5 Å². The molecule has 0 aliphatic carbocycles. The van der Waals surface area contributed by atoms with E-state index in [2.05, 4.69) is 0 Å². The van der Waals surface area contributed by atoms with E-state index in [1.165, 1.54) is 6.07 Å². The zero-order valence-electron chi connectivity index (χ0n) is 10.6. The van der Waals surface area contributed by atoms with Crippen molar-refractivity contribution < 1.29 is 18.3 Å². The lowest BCUT2D eigenvalue weighted by Crippen LogP contribution is -2.43. The summed E-state index contributed by atoms with van der Waals surface area (Å²) in [5.74, 6) is 0.201. The van der Waals surface area contributed by atoms with Gasteiger partial charge in [-0.05, 0) is 30.5 Å². The molecule has 3 nitrogen and oxygen atoms in total. The molecule has 3 N–H and O–H groups in total. The highest BCUT2D eigenvalue weighted by Gasteiger charge is 2.32. The molecular weight excluding hydrogens is 257 g/mol. The third-order valence-corrected chi connectivity index (χ3v) is 3.61. The largest absolute Gasteiger partial charge is 0.416 e. The summed E-state index contributed by atoms with van der Waals surface area (Å²) < 4.78 is 37.6. The van der Waals surface area contributed by atoms with Crippen molar-refractivity contribution in [2.24, 2.45) is 5.92 Å². The maximum absolute atomic E-state index is 12.5. The standard InChI is InChI=1S/C13H17F3N2O/c1-8-4-5-18(7-12(8)19)11-3-2-9(6-10(11)17)13(14,15)16/h2-3,6,8,12,19H,4-5,7,17H2,1H3. The van der Waals surface area contributed by atoms with Gasteiger partial charge in [0.1, 0.15) is 0 Å². The van der Waals surface area contributed by atoms with Crippen LogP contribution in [0.2, 0.25) is 0 Å². The molecular formula is C13H17F3N2O. The molecule has 1 aliphatic heterocycles. The van der Waals surface area contributed by atoms with Gasteiger partial charge >= 0.3 is 6.18 Å². The molecule has 2 atom stereocenters. The van der Waals surface area contributed by atoms with Crippen molar-refractivity contribution in [3.8, 4) is 0 Å². The van der Waals surface area contributed by atoms with Crippen LogP contribution in [0, 0.1) is 5.92 Å². The number of aliphatic hydroxyl groups is 1. The molecule has 1 saturated heterocycles. The maximum atomic E-state index is 12.5. The van der Waals surface area contributed by atoms with Crippen LogP contribution in [-0.2, 0) is 6.18 Å². The number of anilines is 2. The normalized spacial score (nSPS) is 24.6. The molecule has 2 unspecified atom stereocenters. The van der Waals surface area contributed by atoms with Crippen molar-refractivity contribution in [1.29, 1.82) is 0 Å². The number of β-amino-alcohol motifs (C(OH)–C–C–N with tert-alkyl or cyclic N) is 1. The van der Waals surface area contributed by atoms with E-state index < -0.39 is 17.8 Å². The average Bonchev–Trinajstić information content (AvgIpc) is 2.31. The second-order valence-corrected chi connectivity index (χ2v) is 5.05. The molecule has 0 spiro atoms. The molecule has 0 bridgehead atoms. The van der Waals surface area contributed by atoms with Gasteiger partial charge in [0.15, 0.2) is 0 Å². The SMILES string of the molecule is CC1CCN(c2ccc(C(F)(F)F)cc2N)CC1O. The van der Waals surface area contributed by atoms with Gasteiger partial charge in [0, 0.05) is 13.1 Å². The third kappa shape index (κ3) is 2.94. The molecule has 1 fully saturated rings. The summed E-state index contributed by atoms with van der Waals surface area (Å²) in [5, 5.41) is 9.82. The smallest absolute Gasteiger partial charge is 0.397 e. The van der Waals surface area contributed by atoms with Crippen LogP contribution in [0.3, 0.4) is 0 Å². The van der Waals surface area contributed by atoms with Crippen LogP contribution in [0.15, 0.2) is 18.2 Å². The van der Waals surface area contributed by atoms with E-state index in [0.29, 0.717) is 18.8 Å². The van der Waals surface area contributed by atoms with Crippen molar-refractivity contribution in [3.05, 3.63) is 23.8 Å². The quantitative estimate of drug-likeness (QED) is 0.774. The van der Waals surface area contributed by atoms with Gasteiger partial charge in [-0.15, -0.1) is 0 Å². The Labute approximate surface area is 109 Å². The first-order valence-electron chi connectivity index (χ1n) is 6.19. The molecule has 2 rings (SSSR count). The Morgan fingerprint density at radius 1 is 1.37 bits per heavy atom. The average molecular weight is 274 g/mol. The van der Waals surface area contributed by atoms with E-state index in [1.807, 2.05) is 11.8 Å². The first-order chi connectivity index (χ1) is 8.79. The van der Waals surface area contributed by atoms with E-state index in [9.17, 15) is 18.3 Å². The number of piperidine rings is 1. The van der Waals surface area contributed by atoms with Crippen LogP contribution in [-0.4, -0.2) is 24.3 Å². The number of halogens is 3. The van der Waals surface area contributed by atoms with Gasteiger partial charge in [-0.1, -0.05) is 6.92 Å². The minimum Gasteiger partial charge on any atom is -0.397 e. The zero-order chi connectivity index (χ0) is 14.2. The Balaban J connectivity index is 2.22. The van der Waals surface area contributed by atoms with Crippen LogP contribution in [0.25, 0.3) is 0 Å². The minimum absolute atomic E-state index is 0.0941. The number of hydrogen-bond acceptors (Lipinski definition) is 3. The number of rotatable bonds is 1. The first kappa shape index (κ1) is 14.0. The fourth-order valence-electron chi connectivity index (χ4n) is 2.29. The lowest BCUT2D eigenvalue weighted by atomic mass is 9.95. The molecule has 0 amide bonds. The van der Waals surface area contributed by atoms with E-state index in [1.54, 1.807) is 0 Å². The predicted octanol–water partition coefficient (Wildman–Crippen LogP) is 2.49. The second kappa shape index (κ2) is 4.92. The predicted molar refractivity (Wildman–Crippen MR) is 67.9 cm³/mol. The fourth-order valence-corrected chi connectivity index (χ4v) is 2.29. The first-order valence-corrected chi connectivity index (χ1v) is 6.19. The third-order valence-electron chi connectivity index (χ3n) is 3.61. The number of hydrogen-bond donors (Lipinski definition) is 2. The van der Waals surface area contributed by atoms with Crippen LogP contribution < -0.4 is 10.6 Å². The number of nitrogens with two attached hydrogens (primary N) is 1. The lowest BCUT2D eigenvalue weighted by Gasteiger charge is -2.36. The Kier molecular flexibility index (Phi) is 3.62. The van der Waals surface area contributed by atoms with Crippen molar-refractivity contribution in [2.75, 3.05) is 23.7 Å². The van der Waals surface area contributed by atoms with E-state index in [0.717, 1.165) is 18.6 Å². The van der Waals surface area contributed by atoms with Crippen LogP contribution >= 0.6 is 0 Å². The molecule has 0 saturated carbocycles. The number of aliphatic hydroxyl groups excluding tert-OH is 1. The van der Waals surface area contributed by atoms with Crippen molar-refractivity contribution in [2.45, 2.75) is 25.6 Å². The van der Waals surface area contributed by atoms with Gasteiger partial charge in [0.25, 0.3) is 0 Å². The van der Waals surface area contributed by atoms with Crippen molar-refractivity contribution >= 4 is 11.4 Å². The van der Waals surface area contributed by atoms with E-state index in [-0.39, 0.29) is 11.6 Å². The fraction of sp³-hybridized carbons (Fsp3) is 0.538. The summed E-state index contributed by atoms with van der Waals surface area (Å²) in [5.41, 5.74) is 5.60. The van der Waals surface area contributed by atoms with Crippen LogP contribution in [0.5, 0.6) is 0 Å². The maximum Gasteiger partial charge on any atom is 0.416 e. The van der Waals surface area contributed by atoms with Crippen molar-refractivity contribution in [3.63, 3.8) is 0 Å². The summed E-state index contributed by atoms with van der Waals surface area (Å²) in [6.07, 6.45) is -4.07. The summed E-state index contributed by atoms with van der Waals surface area (Å²) in [6, 6.07) is 3.34.